The van der Waals surface area contributed by atoms with Gasteiger partial charge in [-0.05, 0) is 26.0 Å². The number of aromatic nitrogens is 2. The van der Waals surface area contributed by atoms with E-state index in [0.29, 0.717) is 10.7 Å². The van der Waals surface area contributed by atoms with Crippen LogP contribution in [0.4, 0.5) is 4.39 Å². The van der Waals surface area contributed by atoms with Crippen LogP contribution in [-0.4, -0.2) is 23.2 Å². The zero-order chi connectivity index (χ0) is 15.3. The predicted molar refractivity (Wildman–Crippen MR) is 80.1 cm³/mol. The highest BCUT2D eigenvalue weighted by Gasteiger charge is 2.39. The summed E-state index contributed by atoms with van der Waals surface area (Å²) in [5.41, 5.74) is 0.689. The van der Waals surface area contributed by atoms with Crippen molar-refractivity contribution in [2.45, 2.75) is 19.8 Å². The molecule has 114 valence electrons. The van der Waals surface area contributed by atoms with Crippen LogP contribution in [0.2, 0.25) is 0 Å². The van der Waals surface area contributed by atoms with E-state index in [1.165, 1.54) is 16.7 Å². The van der Waals surface area contributed by atoms with Crippen LogP contribution in [0.5, 0.6) is 0 Å². The molecule has 0 aliphatic carbocycles. The van der Waals surface area contributed by atoms with Gasteiger partial charge in [-0.25, -0.2) is 9.37 Å². The molecule has 0 spiro atoms. The second-order valence-corrected chi connectivity index (χ2v) is 6.91. The molecule has 2 aromatic rings. The molecule has 8 heteroatoms. The van der Waals surface area contributed by atoms with Crippen LogP contribution < -0.4 is 0 Å². The van der Waals surface area contributed by atoms with Crippen LogP contribution in [0.3, 0.4) is 0 Å². The van der Waals surface area contributed by atoms with E-state index in [4.69, 9.17) is 9.05 Å². The molecule has 2 rings (SSSR count). The molecule has 21 heavy (non-hydrogen) atoms. The number of hydrogen-bond donors (Lipinski definition) is 0. The smallest absolute Gasteiger partial charge is 0.307 e. The molecule has 0 amide bonds. The second-order valence-electron chi connectivity index (χ2n) is 4.00. The van der Waals surface area contributed by atoms with E-state index >= 15 is 0 Å². The predicted octanol–water partition coefficient (Wildman–Crippen LogP) is 4.44. The second kappa shape index (κ2) is 7.22. The third kappa shape index (κ3) is 3.74. The quantitative estimate of drug-likeness (QED) is 0.702. The molecule has 0 N–H and O–H groups in total. The van der Waals surface area contributed by atoms with E-state index in [0.717, 1.165) is 0 Å². The number of hydrogen-bond acceptors (Lipinski definition) is 6. The third-order valence-corrected chi connectivity index (χ3v) is 5.48. The average molecular weight is 330 g/mol. The summed E-state index contributed by atoms with van der Waals surface area (Å²) < 4.78 is 36.9. The SMILES string of the molecule is CCOP(=O)(OCC)C(F)c1csc(-c2ccccn2)n1. The molecular weight excluding hydrogens is 314 g/mol. The Balaban J connectivity index is 2.26. The largest absolute Gasteiger partial charge is 0.370 e. The average Bonchev–Trinajstić information content (AvgIpc) is 2.97. The van der Waals surface area contributed by atoms with Gasteiger partial charge in [0, 0.05) is 11.6 Å². The number of halogens is 1. The maximum Gasteiger partial charge on any atom is 0.370 e. The summed E-state index contributed by atoms with van der Waals surface area (Å²) in [6.07, 6.45) is 1.63. The van der Waals surface area contributed by atoms with Crippen LogP contribution in [0.25, 0.3) is 10.7 Å². The maximum atomic E-state index is 14.5. The van der Waals surface area contributed by atoms with Crippen molar-refractivity contribution in [1.29, 1.82) is 0 Å². The molecule has 2 heterocycles. The Bertz CT molecular complexity index is 613. The highest BCUT2D eigenvalue weighted by molar-refractivity contribution is 7.54. The highest BCUT2D eigenvalue weighted by Crippen LogP contribution is 2.61. The molecule has 0 bridgehead atoms. The number of nitrogens with zero attached hydrogens (tertiary/aromatic N) is 2. The number of pyridine rings is 1. The van der Waals surface area contributed by atoms with Gasteiger partial charge in [0.05, 0.1) is 24.6 Å². The lowest BCUT2D eigenvalue weighted by molar-refractivity contribution is 0.189. The zero-order valence-corrected chi connectivity index (χ0v) is 13.4. The van der Waals surface area contributed by atoms with Crippen molar-refractivity contribution in [2.24, 2.45) is 0 Å². The van der Waals surface area contributed by atoms with Gasteiger partial charge in [-0.15, -0.1) is 11.3 Å². The first-order chi connectivity index (χ1) is 10.1. The minimum absolute atomic E-state index is 0.0471. The van der Waals surface area contributed by atoms with E-state index in [1.54, 1.807) is 32.2 Å². The lowest BCUT2D eigenvalue weighted by atomic mass is 10.4. The van der Waals surface area contributed by atoms with Crippen molar-refractivity contribution in [2.75, 3.05) is 13.2 Å². The van der Waals surface area contributed by atoms with Crippen molar-refractivity contribution in [3.05, 3.63) is 35.5 Å². The van der Waals surface area contributed by atoms with E-state index < -0.39 is 13.5 Å². The maximum absolute atomic E-state index is 14.5. The Kier molecular flexibility index (Phi) is 5.58. The molecule has 0 saturated heterocycles. The monoisotopic (exact) mass is 330 g/mol. The summed E-state index contributed by atoms with van der Waals surface area (Å²) in [4.78, 5) is 8.31. The van der Waals surface area contributed by atoms with Gasteiger partial charge in [-0.2, -0.15) is 0 Å². The fraction of sp³-hybridized carbons (Fsp3) is 0.385. The standard InChI is InChI=1S/C13H16FN2O3PS/c1-3-18-20(17,19-4-2)12(14)11-9-21-13(16-11)10-7-5-6-8-15-10/h5-9,12H,3-4H2,1-2H3. The summed E-state index contributed by atoms with van der Waals surface area (Å²) in [6.45, 7) is 3.49. The van der Waals surface area contributed by atoms with Gasteiger partial charge in [0.1, 0.15) is 5.01 Å². The van der Waals surface area contributed by atoms with Gasteiger partial charge in [-0.3, -0.25) is 9.55 Å². The summed E-state index contributed by atoms with van der Waals surface area (Å²) in [5.74, 6) is -1.90. The van der Waals surface area contributed by atoms with Crippen molar-refractivity contribution >= 4 is 18.9 Å². The van der Waals surface area contributed by atoms with Crippen LogP contribution in [0.15, 0.2) is 29.8 Å². The first kappa shape index (κ1) is 16.2. The van der Waals surface area contributed by atoms with Crippen LogP contribution >= 0.6 is 18.9 Å². The minimum Gasteiger partial charge on any atom is -0.307 e. The summed E-state index contributed by atoms with van der Waals surface area (Å²) >= 11 is 1.24. The van der Waals surface area contributed by atoms with E-state index in [9.17, 15) is 8.96 Å². The van der Waals surface area contributed by atoms with Crippen LogP contribution in [0, 0.1) is 0 Å². The third-order valence-electron chi connectivity index (χ3n) is 2.55. The molecule has 0 aromatic carbocycles. The molecule has 0 fully saturated rings. The lowest BCUT2D eigenvalue weighted by Gasteiger charge is -2.19. The minimum atomic E-state index is -3.85. The van der Waals surface area contributed by atoms with Gasteiger partial charge in [0.25, 0.3) is 0 Å². The normalized spacial score (nSPS) is 13.3. The lowest BCUT2D eigenvalue weighted by Crippen LogP contribution is -2.03. The van der Waals surface area contributed by atoms with Gasteiger partial charge >= 0.3 is 7.60 Å². The first-order valence-electron chi connectivity index (χ1n) is 6.50. The highest BCUT2D eigenvalue weighted by atomic mass is 32.1. The van der Waals surface area contributed by atoms with Crippen molar-refractivity contribution in [3.8, 4) is 10.7 Å². The Morgan fingerprint density at radius 1 is 1.33 bits per heavy atom. The topological polar surface area (TPSA) is 61.3 Å². The molecule has 5 nitrogen and oxygen atoms in total. The summed E-state index contributed by atoms with van der Waals surface area (Å²) in [7, 11) is -3.85. The van der Waals surface area contributed by atoms with Crippen LogP contribution in [-0.2, 0) is 13.6 Å². The number of thiazole rings is 1. The Morgan fingerprint density at radius 3 is 2.62 bits per heavy atom. The Labute approximate surface area is 126 Å². The Morgan fingerprint density at radius 2 is 2.05 bits per heavy atom. The molecule has 0 saturated carbocycles. The molecule has 0 aliphatic heterocycles. The zero-order valence-electron chi connectivity index (χ0n) is 11.7. The molecular formula is C13H16FN2O3PS. The van der Waals surface area contributed by atoms with Crippen molar-refractivity contribution in [3.63, 3.8) is 0 Å². The number of alkyl halides is 1. The molecule has 2 aromatic heterocycles. The van der Waals surface area contributed by atoms with Gasteiger partial charge in [-0.1, -0.05) is 6.07 Å². The molecule has 1 atom stereocenters. The molecule has 1 unspecified atom stereocenters. The van der Waals surface area contributed by atoms with E-state index in [1.807, 2.05) is 6.07 Å². The van der Waals surface area contributed by atoms with Crippen LogP contribution in [0.1, 0.15) is 25.5 Å². The van der Waals surface area contributed by atoms with Gasteiger partial charge in [0.2, 0.25) is 5.91 Å². The van der Waals surface area contributed by atoms with Crippen molar-refractivity contribution in [1.82, 2.24) is 9.97 Å². The fourth-order valence-corrected chi connectivity index (χ4v) is 4.11. The Hall–Kier alpha value is -1.14. The fourth-order valence-electron chi connectivity index (χ4n) is 1.69. The molecule has 0 aliphatic rings. The molecule has 0 radical (unpaired) electrons. The van der Waals surface area contributed by atoms with E-state index in [2.05, 4.69) is 9.97 Å². The number of rotatable bonds is 7. The first-order valence-corrected chi connectivity index (χ1v) is 8.99. The summed E-state index contributed by atoms with van der Waals surface area (Å²) in [5, 5.41) is 2.08. The summed E-state index contributed by atoms with van der Waals surface area (Å²) in [6, 6.07) is 5.39. The van der Waals surface area contributed by atoms with Gasteiger partial charge < -0.3 is 9.05 Å². The van der Waals surface area contributed by atoms with E-state index in [-0.39, 0.29) is 18.9 Å². The van der Waals surface area contributed by atoms with Crippen molar-refractivity contribution < 1.29 is 18.0 Å². The van der Waals surface area contributed by atoms with Gasteiger partial charge in [0.15, 0.2) is 0 Å².